The van der Waals surface area contributed by atoms with Gasteiger partial charge in [0, 0.05) is 27.0 Å². The van der Waals surface area contributed by atoms with E-state index < -0.39 is 18.5 Å². The fraction of sp³-hybridized carbons (Fsp3) is 0.0455. The molecule has 144 valence electrons. The molecule has 6 nitrogen and oxygen atoms in total. The quantitative estimate of drug-likeness (QED) is 0.394. The van der Waals surface area contributed by atoms with Crippen LogP contribution in [-0.4, -0.2) is 23.5 Å². The van der Waals surface area contributed by atoms with Crippen LogP contribution >= 0.6 is 11.6 Å². The van der Waals surface area contributed by atoms with Gasteiger partial charge >= 0.3 is 5.97 Å². The topological polar surface area (TPSA) is 88.3 Å². The number of rotatable bonds is 4. The summed E-state index contributed by atoms with van der Waals surface area (Å²) in [7, 11) is 0. The molecule has 2 N–H and O–H groups in total. The predicted molar refractivity (Wildman–Crippen MR) is 112 cm³/mol. The minimum atomic E-state index is -0.701. The van der Waals surface area contributed by atoms with Crippen LogP contribution in [0.1, 0.15) is 10.4 Å². The molecule has 0 radical (unpaired) electrons. The maximum atomic E-state index is 12.7. The number of para-hydroxylation sites is 2. The van der Waals surface area contributed by atoms with Crippen LogP contribution in [0.5, 0.6) is 0 Å². The number of pyridine rings is 1. The number of esters is 1. The molecule has 0 unspecified atom stereocenters. The summed E-state index contributed by atoms with van der Waals surface area (Å²) < 4.78 is 5.15. The van der Waals surface area contributed by atoms with Gasteiger partial charge in [0.2, 0.25) is 0 Å². The van der Waals surface area contributed by atoms with Crippen LogP contribution < -0.4 is 10.7 Å². The molecule has 3 aromatic carbocycles. The second-order valence-corrected chi connectivity index (χ2v) is 6.80. The summed E-state index contributed by atoms with van der Waals surface area (Å²) in [4.78, 5) is 40.4. The number of fused-ring (bicyclic) bond motifs is 2. The normalized spacial score (nSPS) is 10.8. The third-order valence-corrected chi connectivity index (χ3v) is 4.67. The summed E-state index contributed by atoms with van der Waals surface area (Å²) in [6, 6.07) is 18.4. The summed E-state index contributed by atoms with van der Waals surface area (Å²) in [6.07, 6.45) is 0. The third-order valence-electron chi connectivity index (χ3n) is 4.42. The number of H-pyrrole nitrogens is 1. The lowest BCUT2D eigenvalue weighted by molar-refractivity contribution is -0.119. The van der Waals surface area contributed by atoms with E-state index in [2.05, 4.69) is 10.3 Å². The molecule has 0 fully saturated rings. The molecular formula is C22H15ClN2O4. The zero-order valence-electron chi connectivity index (χ0n) is 15.1. The first-order chi connectivity index (χ1) is 14.0. The molecule has 0 bridgehead atoms. The number of carbonyl (C=O) groups is 2. The molecule has 0 aliphatic rings. The summed E-state index contributed by atoms with van der Waals surface area (Å²) in [5.41, 5.74) is 1.54. The second kappa shape index (κ2) is 7.77. The Balaban J connectivity index is 1.56. The van der Waals surface area contributed by atoms with Crippen molar-refractivity contribution in [1.29, 1.82) is 0 Å². The van der Waals surface area contributed by atoms with Crippen LogP contribution in [0.15, 0.2) is 71.5 Å². The first-order valence-electron chi connectivity index (χ1n) is 8.79. The molecule has 0 saturated carbocycles. The summed E-state index contributed by atoms with van der Waals surface area (Å²) in [5.74, 6) is -1.19. The van der Waals surface area contributed by atoms with Crippen molar-refractivity contribution in [2.45, 2.75) is 0 Å². The van der Waals surface area contributed by atoms with Crippen LogP contribution in [0, 0.1) is 0 Å². The van der Waals surface area contributed by atoms with Gasteiger partial charge in [-0.2, -0.15) is 0 Å². The molecule has 4 aromatic rings. The molecule has 4 rings (SSSR count). The number of hydrogen-bond acceptors (Lipinski definition) is 4. The number of amides is 1. The molecule has 0 saturated heterocycles. The number of benzene rings is 3. The fourth-order valence-corrected chi connectivity index (χ4v) is 3.18. The van der Waals surface area contributed by atoms with Crippen molar-refractivity contribution < 1.29 is 14.3 Å². The highest BCUT2D eigenvalue weighted by Crippen LogP contribution is 2.19. The van der Waals surface area contributed by atoms with Crippen molar-refractivity contribution in [2.75, 3.05) is 11.9 Å². The van der Waals surface area contributed by atoms with E-state index in [1.165, 1.54) is 0 Å². The van der Waals surface area contributed by atoms with E-state index in [1.54, 1.807) is 66.7 Å². The van der Waals surface area contributed by atoms with Crippen molar-refractivity contribution in [2.24, 2.45) is 0 Å². The van der Waals surface area contributed by atoms with Gasteiger partial charge in [0.25, 0.3) is 5.91 Å². The number of nitrogens with one attached hydrogen (secondary N) is 2. The Hall–Kier alpha value is -3.64. The predicted octanol–water partition coefficient (Wildman–Crippen LogP) is 4.13. The summed E-state index contributed by atoms with van der Waals surface area (Å²) in [5, 5.41) is 4.08. The monoisotopic (exact) mass is 406 g/mol. The zero-order chi connectivity index (χ0) is 20.4. The second-order valence-electron chi connectivity index (χ2n) is 6.36. The zero-order valence-corrected chi connectivity index (χ0v) is 15.8. The third kappa shape index (κ3) is 3.83. The Labute approximate surface area is 170 Å². The van der Waals surface area contributed by atoms with Crippen molar-refractivity contribution in [3.05, 3.63) is 87.5 Å². The van der Waals surface area contributed by atoms with Gasteiger partial charge in [0.15, 0.2) is 12.0 Å². The molecule has 1 heterocycles. The molecule has 1 aromatic heterocycles. The number of halogens is 1. The summed E-state index contributed by atoms with van der Waals surface area (Å²) >= 11 is 5.81. The average molecular weight is 407 g/mol. The van der Waals surface area contributed by atoms with Gasteiger partial charge in [0.1, 0.15) is 0 Å². The number of aromatic nitrogens is 1. The minimum Gasteiger partial charge on any atom is -0.452 e. The Morgan fingerprint density at radius 3 is 2.45 bits per heavy atom. The van der Waals surface area contributed by atoms with Gasteiger partial charge in [0.05, 0.1) is 11.1 Å². The van der Waals surface area contributed by atoms with Crippen LogP contribution in [0.25, 0.3) is 21.8 Å². The number of aromatic amines is 1. The lowest BCUT2D eigenvalue weighted by Gasteiger charge is -2.09. The van der Waals surface area contributed by atoms with E-state index in [0.29, 0.717) is 32.5 Å². The SMILES string of the molecule is O=C(COC(=O)c1cccc2c(=O)c3ccccc3[nH]c12)Nc1ccc(Cl)cc1. The first-order valence-corrected chi connectivity index (χ1v) is 9.17. The molecule has 0 spiro atoms. The fourth-order valence-electron chi connectivity index (χ4n) is 3.06. The van der Waals surface area contributed by atoms with E-state index in [9.17, 15) is 14.4 Å². The molecule has 29 heavy (non-hydrogen) atoms. The molecule has 0 aliphatic carbocycles. The largest absolute Gasteiger partial charge is 0.452 e. The van der Waals surface area contributed by atoms with Crippen LogP contribution in [0.2, 0.25) is 5.02 Å². The molecule has 1 amide bonds. The van der Waals surface area contributed by atoms with Gasteiger partial charge in [-0.15, -0.1) is 0 Å². The van der Waals surface area contributed by atoms with E-state index in [1.807, 2.05) is 0 Å². The molecule has 0 atom stereocenters. The van der Waals surface area contributed by atoms with Gasteiger partial charge in [-0.3, -0.25) is 9.59 Å². The Kier molecular flexibility index (Phi) is 5.01. The number of anilines is 1. The number of ether oxygens (including phenoxy) is 1. The van der Waals surface area contributed by atoms with Gasteiger partial charge in [-0.1, -0.05) is 29.8 Å². The molecular weight excluding hydrogens is 392 g/mol. The Bertz CT molecular complexity index is 1300. The highest BCUT2D eigenvalue weighted by molar-refractivity contribution is 6.30. The van der Waals surface area contributed by atoms with Crippen LogP contribution in [0.3, 0.4) is 0 Å². The van der Waals surface area contributed by atoms with Crippen LogP contribution in [0.4, 0.5) is 5.69 Å². The maximum Gasteiger partial charge on any atom is 0.340 e. The smallest absolute Gasteiger partial charge is 0.340 e. The van der Waals surface area contributed by atoms with Gasteiger partial charge in [-0.05, 0) is 48.5 Å². The number of hydrogen-bond donors (Lipinski definition) is 2. The maximum absolute atomic E-state index is 12.7. The average Bonchev–Trinajstić information content (AvgIpc) is 2.73. The van der Waals surface area contributed by atoms with Crippen LogP contribution in [-0.2, 0) is 9.53 Å². The summed E-state index contributed by atoms with van der Waals surface area (Å²) in [6.45, 7) is -0.463. The van der Waals surface area contributed by atoms with E-state index in [0.717, 1.165) is 0 Å². The molecule has 7 heteroatoms. The van der Waals surface area contributed by atoms with Crippen molar-refractivity contribution in [3.8, 4) is 0 Å². The minimum absolute atomic E-state index is 0.176. The van der Waals surface area contributed by atoms with Crippen molar-refractivity contribution in [1.82, 2.24) is 4.98 Å². The van der Waals surface area contributed by atoms with Gasteiger partial charge in [-0.25, -0.2) is 4.79 Å². The lowest BCUT2D eigenvalue weighted by Crippen LogP contribution is -2.21. The highest BCUT2D eigenvalue weighted by atomic mass is 35.5. The van der Waals surface area contributed by atoms with Gasteiger partial charge < -0.3 is 15.0 Å². The van der Waals surface area contributed by atoms with E-state index >= 15 is 0 Å². The number of carbonyl (C=O) groups excluding carboxylic acids is 2. The first kappa shape index (κ1) is 18.7. The Morgan fingerprint density at radius 2 is 1.66 bits per heavy atom. The van der Waals surface area contributed by atoms with E-state index in [-0.39, 0.29) is 11.0 Å². The standard InChI is InChI=1S/C22H15ClN2O4/c23-13-8-10-14(11-9-13)24-19(26)12-29-22(28)17-6-3-5-16-20(17)25-18-7-2-1-4-15(18)21(16)27/h1-11H,12H2,(H,24,26)(H,25,27). The van der Waals surface area contributed by atoms with Crippen molar-refractivity contribution in [3.63, 3.8) is 0 Å². The molecule has 0 aliphatic heterocycles. The highest BCUT2D eigenvalue weighted by Gasteiger charge is 2.16. The lowest BCUT2D eigenvalue weighted by atomic mass is 10.1. The Morgan fingerprint density at radius 1 is 0.931 bits per heavy atom. The van der Waals surface area contributed by atoms with Crippen molar-refractivity contribution >= 4 is 51.0 Å². The van der Waals surface area contributed by atoms with E-state index in [4.69, 9.17) is 16.3 Å².